The second-order valence-electron chi connectivity index (χ2n) is 5.72. The third-order valence-corrected chi connectivity index (χ3v) is 6.17. The number of pyridine rings is 1. The van der Waals surface area contributed by atoms with Crippen LogP contribution in [0.2, 0.25) is 0 Å². The van der Waals surface area contributed by atoms with E-state index in [1.54, 1.807) is 13.8 Å². The van der Waals surface area contributed by atoms with Crippen LogP contribution in [0.1, 0.15) is 25.3 Å². The van der Waals surface area contributed by atoms with Crippen molar-refractivity contribution in [3.05, 3.63) is 72.4 Å². The van der Waals surface area contributed by atoms with Gasteiger partial charge in [0.1, 0.15) is 0 Å². The molecular formula is C20H23N2O3P. The van der Waals surface area contributed by atoms with Crippen LogP contribution >= 0.6 is 7.60 Å². The Morgan fingerprint density at radius 2 is 1.58 bits per heavy atom. The molecule has 0 aliphatic heterocycles. The summed E-state index contributed by atoms with van der Waals surface area (Å²) in [6, 6.07) is 21.3. The second kappa shape index (κ2) is 8.45. The van der Waals surface area contributed by atoms with Gasteiger partial charge in [-0.15, -0.1) is 0 Å². The first-order chi connectivity index (χ1) is 12.7. The number of hydrogen-bond donors (Lipinski definition) is 1. The lowest BCUT2D eigenvalue weighted by molar-refractivity contribution is 0.214. The molecule has 2 aromatic carbocycles. The zero-order valence-corrected chi connectivity index (χ0v) is 15.9. The highest BCUT2D eigenvalue weighted by atomic mass is 31.2. The van der Waals surface area contributed by atoms with Crippen molar-refractivity contribution in [2.24, 2.45) is 0 Å². The van der Waals surface area contributed by atoms with Gasteiger partial charge in [0.05, 0.1) is 24.4 Å². The smallest absolute Gasteiger partial charge is 0.358 e. The molecule has 0 radical (unpaired) electrons. The van der Waals surface area contributed by atoms with Crippen molar-refractivity contribution < 1.29 is 13.6 Å². The molecule has 1 unspecified atom stereocenters. The minimum absolute atomic E-state index is 0.290. The maximum atomic E-state index is 13.5. The molecule has 5 nitrogen and oxygen atoms in total. The standard InChI is InChI=1S/C20H23N2O3P/c1-3-24-26(23,25-4-2)20(21-17-11-6-5-7-12-17)19-15-14-16-10-8-9-13-18(16)22-19/h5-15,20-21H,3-4H2,1-2H3. The topological polar surface area (TPSA) is 60.5 Å². The molecule has 1 atom stereocenters. The van der Waals surface area contributed by atoms with Gasteiger partial charge < -0.3 is 14.4 Å². The van der Waals surface area contributed by atoms with Gasteiger partial charge in [-0.2, -0.15) is 0 Å². The van der Waals surface area contributed by atoms with Crippen molar-refractivity contribution in [1.29, 1.82) is 0 Å². The van der Waals surface area contributed by atoms with Gasteiger partial charge in [-0.25, -0.2) is 4.98 Å². The number of anilines is 1. The number of nitrogens with zero attached hydrogens (tertiary/aromatic N) is 1. The van der Waals surface area contributed by atoms with Crippen LogP contribution in [0.5, 0.6) is 0 Å². The Morgan fingerprint density at radius 1 is 0.923 bits per heavy atom. The SMILES string of the molecule is CCOP(=O)(OCC)C(Nc1ccccc1)c1ccc2ccccc2n1. The van der Waals surface area contributed by atoms with Gasteiger partial charge in [0.2, 0.25) is 0 Å². The van der Waals surface area contributed by atoms with Crippen LogP contribution in [0.15, 0.2) is 66.7 Å². The molecule has 3 aromatic rings. The van der Waals surface area contributed by atoms with E-state index in [1.807, 2.05) is 66.7 Å². The van der Waals surface area contributed by atoms with Crippen LogP contribution in [0.4, 0.5) is 5.69 Å². The molecule has 0 aliphatic rings. The quantitative estimate of drug-likeness (QED) is 0.522. The molecule has 0 spiro atoms. The number of aromatic nitrogens is 1. The number of benzene rings is 2. The fourth-order valence-corrected chi connectivity index (χ4v) is 4.65. The summed E-state index contributed by atoms with van der Waals surface area (Å²) in [6.45, 7) is 4.19. The van der Waals surface area contributed by atoms with Crippen LogP contribution in [-0.4, -0.2) is 18.2 Å². The number of nitrogens with one attached hydrogen (secondary N) is 1. The third-order valence-electron chi connectivity index (χ3n) is 3.91. The van der Waals surface area contributed by atoms with Crippen LogP contribution in [0.3, 0.4) is 0 Å². The minimum Gasteiger partial charge on any atom is -0.367 e. The highest BCUT2D eigenvalue weighted by Crippen LogP contribution is 2.60. The van der Waals surface area contributed by atoms with E-state index in [0.717, 1.165) is 16.6 Å². The van der Waals surface area contributed by atoms with Crippen LogP contribution in [0.25, 0.3) is 10.9 Å². The van der Waals surface area contributed by atoms with Gasteiger partial charge in [0.15, 0.2) is 5.78 Å². The summed E-state index contributed by atoms with van der Waals surface area (Å²) in [5.74, 6) is -0.700. The highest BCUT2D eigenvalue weighted by molar-refractivity contribution is 7.54. The van der Waals surface area contributed by atoms with E-state index in [-0.39, 0.29) is 13.2 Å². The van der Waals surface area contributed by atoms with E-state index in [2.05, 4.69) is 5.32 Å². The minimum atomic E-state index is -3.47. The predicted molar refractivity (Wildman–Crippen MR) is 105 cm³/mol. The van der Waals surface area contributed by atoms with Gasteiger partial charge in [-0.05, 0) is 38.1 Å². The monoisotopic (exact) mass is 370 g/mol. The molecule has 1 heterocycles. The molecule has 0 saturated carbocycles. The van der Waals surface area contributed by atoms with Gasteiger partial charge in [-0.3, -0.25) is 4.57 Å². The first-order valence-electron chi connectivity index (χ1n) is 8.72. The summed E-state index contributed by atoms with van der Waals surface area (Å²) < 4.78 is 24.7. The van der Waals surface area contributed by atoms with Crippen LogP contribution < -0.4 is 5.32 Å². The average molecular weight is 370 g/mol. The number of rotatable bonds is 8. The first kappa shape index (κ1) is 18.6. The lowest BCUT2D eigenvalue weighted by atomic mass is 10.2. The van der Waals surface area contributed by atoms with Gasteiger partial charge >= 0.3 is 7.60 Å². The van der Waals surface area contributed by atoms with E-state index < -0.39 is 13.4 Å². The third kappa shape index (κ3) is 4.13. The van der Waals surface area contributed by atoms with E-state index in [4.69, 9.17) is 14.0 Å². The Hall–Kier alpha value is -2.20. The summed E-state index contributed by atoms with van der Waals surface area (Å²) in [4.78, 5) is 4.71. The Balaban J connectivity index is 2.06. The first-order valence-corrected chi connectivity index (χ1v) is 10.3. The van der Waals surface area contributed by atoms with Crippen molar-refractivity contribution >= 4 is 24.2 Å². The largest absolute Gasteiger partial charge is 0.367 e. The predicted octanol–water partition coefficient (Wildman–Crippen LogP) is 5.61. The van der Waals surface area contributed by atoms with E-state index >= 15 is 0 Å². The Morgan fingerprint density at radius 3 is 2.27 bits per heavy atom. The molecule has 3 rings (SSSR count). The van der Waals surface area contributed by atoms with E-state index in [9.17, 15) is 4.57 Å². The Bertz CT molecular complexity index is 892. The van der Waals surface area contributed by atoms with Crippen molar-refractivity contribution in [1.82, 2.24) is 4.98 Å². The number of para-hydroxylation sites is 2. The molecule has 6 heteroatoms. The van der Waals surface area contributed by atoms with Crippen LogP contribution in [0, 0.1) is 0 Å². The molecule has 26 heavy (non-hydrogen) atoms. The molecular weight excluding hydrogens is 347 g/mol. The second-order valence-corrected chi connectivity index (χ2v) is 7.83. The summed E-state index contributed by atoms with van der Waals surface area (Å²) >= 11 is 0. The summed E-state index contributed by atoms with van der Waals surface area (Å²) in [5, 5.41) is 4.32. The molecule has 0 fully saturated rings. The van der Waals surface area contributed by atoms with Gasteiger partial charge in [0.25, 0.3) is 0 Å². The molecule has 0 amide bonds. The van der Waals surface area contributed by atoms with E-state index in [1.165, 1.54) is 0 Å². The molecule has 0 saturated heterocycles. The summed E-state index contributed by atoms with van der Waals surface area (Å²) in [7, 11) is -3.47. The van der Waals surface area contributed by atoms with Crippen molar-refractivity contribution in [3.63, 3.8) is 0 Å². The molecule has 136 valence electrons. The zero-order chi connectivity index (χ0) is 18.4. The average Bonchev–Trinajstić information content (AvgIpc) is 2.67. The summed E-state index contributed by atoms with van der Waals surface area (Å²) in [6.07, 6.45) is 0. The fraction of sp³-hybridized carbons (Fsp3) is 0.250. The normalized spacial score (nSPS) is 12.8. The Labute approximate surface area is 153 Å². The zero-order valence-electron chi connectivity index (χ0n) is 15.0. The molecule has 0 bridgehead atoms. The van der Waals surface area contributed by atoms with E-state index in [0.29, 0.717) is 5.69 Å². The Kier molecular flexibility index (Phi) is 6.04. The van der Waals surface area contributed by atoms with Gasteiger partial charge in [-0.1, -0.05) is 42.5 Å². The van der Waals surface area contributed by atoms with Crippen LogP contribution in [-0.2, 0) is 13.6 Å². The maximum Gasteiger partial charge on any atom is 0.358 e. The molecule has 1 aromatic heterocycles. The fourth-order valence-electron chi connectivity index (χ4n) is 2.79. The number of hydrogen-bond acceptors (Lipinski definition) is 5. The van der Waals surface area contributed by atoms with Gasteiger partial charge in [0, 0.05) is 11.1 Å². The lowest BCUT2D eigenvalue weighted by Gasteiger charge is -2.27. The highest BCUT2D eigenvalue weighted by Gasteiger charge is 2.38. The molecule has 1 N–H and O–H groups in total. The van der Waals surface area contributed by atoms with Crippen molar-refractivity contribution in [2.75, 3.05) is 18.5 Å². The molecule has 0 aliphatic carbocycles. The van der Waals surface area contributed by atoms with Crippen molar-refractivity contribution in [3.8, 4) is 0 Å². The van der Waals surface area contributed by atoms with Crippen molar-refractivity contribution in [2.45, 2.75) is 19.6 Å². The number of fused-ring (bicyclic) bond motifs is 1. The lowest BCUT2D eigenvalue weighted by Crippen LogP contribution is -2.16. The summed E-state index contributed by atoms with van der Waals surface area (Å²) in [5.41, 5.74) is 2.29. The maximum absolute atomic E-state index is 13.5.